The zero-order chi connectivity index (χ0) is 20.1. The first-order valence-electron chi connectivity index (χ1n) is 8.70. The number of rotatable bonds is 6. The number of hydrazone groups is 1. The Hall–Kier alpha value is -2.76. The summed E-state index contributed by atoms with van der Waals surface area (Å²) in [7, 11) is 0. The van der Waals surface area contributed by atoms with E-state index < -0.39 is 0 Å². The van der Waals surface area contributed by atoms with Gasteiger partial charge in [-0.25, -0.2) is 5.43 Å². The molecule has 7 heteroatoms. The van der Waals surface area contributed by atoms with Crippen molar-refractivity contribution in [2.45, 2.75) is 13.8 Å². The van der Waals surface area contributed by atoms with Gasteiger partial charge in [-0.1, -0.05) is 29.3 Å². The first kappa shape index (κ1) is 20.0. The highest BCUT2D eigenvalue weighted by Crippen LogP contribution is 2.22. The number of carbonyl (C=O) groups is 1. The van der Waals surface area contributed by atoms with Crippen molar-refractivity contribution in [3.8, 4) is 5.69 Å². The van der Waals surface area contributed by atoms with Crippen LogP contribution in [-0.2, 0) is 4.79 Å². The van der Waals surface area contributed by atoms with E-state index in [1.807, 2.05) is 56.3 Å². The fourth-order valence-corrected chi connectivity index (χ4v) is 3.20. The van der Waals surface area contributed by atoms with E-state index in [4.69, 9.17) is 23.2 Å². The van der Waals surface area contributed by atoms with E-state index >= 15 is 0 Å². The summed E-state index contributed by atoms with van der Waals surface area (Å²) in [6.07, 6.45) is 1.64. The molecule has 0 unspecified atom stereocenters. The van der Waals surface area contributed by atoms with Crippen LogP contribution in [0, 0.1) is 13.8 Å². The van der Waals surface area contributed by atoms with Crippen molar-refractivity contribution in [1.82, 2.24) is 9.99 Å². The Morgan fingerprint density at radius 3 is 2.54 bits per heavy atom. The largest absolute Gasteiger partial charge is 0.376 e. The highest BCUT2D eigenvalue weighted by Gasteiger charge is 2.10. The number of benzene rings is 2. The topological polar surface area (TPSA) is 58.4 Å². The maximum Gasteiger partial charge on any atom is 0.259 e. The van der Waals surface area contributed by atoms with Crippen molar-refractivity contribution >= 4 is 41.0 Å². The van der Waals surface area contributed by atoms with Crippen LogP contribution in [0.1, 0.15) is 17.0 Å². The van der Waals surface area contributed by atoms with Gasteiger partial charge in [0.25, 0.3) is 5.91 Å². The van der Waals surface area contributed by atoms with E-state index in [2.05, 4.69) is 20.4 Å². The second-order valence-corrected chi connectivity index (χ2v) is 7.17. The maximum absolute atomic E-state index is 12.0. The second kappa shape index (κ2) is 8.95. The lowest BCUT2D eigenvalue weighted by molar-refractivity contribution is -0.119. The van der Waals surface area contributed by atoms with Crippen LogP contribution >= 0.6 is 23.2 Å². The Bertz CT molecular complexity index is 1010. The van der Waals surface area contributed by atoms with Crippen LogP contribution in [0.4, 0.5) is 5.69 Å². The van der Waals surface area contributed by atoms with Crippen LogP contribution < -0.4 is 10.7 Å². The fourth-order valence-electron chi connectivity index (χ4n) is 2.89. The minimum Gasteiger partial charge on any atom is -0.376 e. The molecule has 0 aliphatic carbocycles. The van der Waals surface area contributed by atoms with Crippen molar-refractivity contribution in [3.05, 3.63) is 81.6 Å². The van der Waals surface area contributed by atoms with Gasteiger partial charge in [-0.2, -0.15) is 5.10 Å². The third kappa shape index (κ3) is 4.94. The molecule has 1 aromatic heterocycles. The van der Waals surface area contributed by atoms with E-state index in [0.717, 1.165) is 28.3 Å². The second-order valence-electron chi connectivity index (χ2n) is 6.30. The van der Waals surface area contributed by atoms with E-state index in [1.165, 1.54) is 0 Å². The van der Waals surface area contributed by atoms with Crippen molar-refractivity contribution in [2.24, 2.45) is 5.10 Å². The van der Waals surface area contributed by atoms with Crippen molar-refractivity contribution in [2.75, 3.05) is 11.9 Å². The minimum atomic E-state index is -0.241. The summed E-state index contributed by atoms with van der Waals surface area (Å²) in [5, 5.41) is 8.41. The Morgan fingerprint density at radius 1 is 1.07 bits per heavy atom. The molecule has 0 aliphatic heterocycles. The summed E-state index contributed by atoms with van der Waals surface area (Å²) >= 11 is 11.9. The number of aromatic nitrogens is 1. The molecule has 2 aromatic carbocycles. The molecule has 0 saturated carbocycles. The third-order valence-corrected chi connectivity index (χ3v) is 4.71. The molecule has 1 heterocycles. The number of nitrogens with one attached hydrogen (secondary N) is 2. The Kier molecular flexibility index (Phi) is 6.39. The predicted octanol–water partition coefficient (Wildman–Crippen LogP) is 4.96. The molecular formula is C21H20Cl2N4O. The first-order valence-corrected chi connectivity index (χ1v) is 9.46. The maximum atomic E-state index is 12.0. The normalized spacial score (nSPS) is 11.0. The molecule has 0 bridgehead atoms. The summed E-state index contributed by atoms with van der Waals surface area (Å²) in [5.74, 6) is -0.241. The summed E-state index contributed by atoms with van der Waals surface area (Å²) in [6, 6.07) is 16.8. The number of halogens is 2. The van der Waals surface area contributed by atoms with Crippen LogP contribution in [0.25, 0.3) is 5.69 Å². The molecule has 0 fully saturated rings. The number of anilines is 1. The van der Waals surface area contributed by atoms with E-state index in [9.17, 15) is 4.79 Å². The van der Waals surface area contributed by atoms with Crippen LogP contribution in [0.2, 0.25) is 10.0 Å². The Morgan fingerprint density at radius 2 is 1.82 bits per heavy atom. The quantitative estimate of drug-likeness (QED) is 0.442. The van der Waals surface area contributed by atoms with E-state index in [-0.39, 0.29) is 12.5 Å². The monoisotopic (exact) mass is 414 g/mol. The smallest absolute Gasteiger partial charge is 0.259 e. The van der Waals surface area contributed by atoms with Gasteiger partial charge in [0.2, 0.25) is 0 Å². The lowest BCUT2D eigenvalue weighted by Crippen LogP contribution is -2.25. The summed E-state index contributed by atoms with van der Waals surface area (Å²) in [4.78, 5) is 12.0. The van der Waals surface area contributed by atoms with E-state index in [0.29, 0.717) is 10.0 Å². The number of amides is 1. The highest BCUT2D eigenvalue weighted by atomic mass is 35.5. The fraction of sp³-hybridized carbons (Fsp3) is 0.143. The Balaban J connectivity index is 1.62. The summed E-state index contributed by atoms with van der Waals surface area (Å²) < 4.78 is 2.09. The van der Waals surface area contributed by atoms with Crippen LogP contribution in [0.5, 0.6) is 0 Å². The van der Waals surface area contributed by atoms with Crippen molar-refractivity contribution in [3.63, 3.8) is 0 Å². The number of nitrogens with zero attached hydrogens (tertiary/aromatic N) is 2. The van der Waals surface area contributed by atoms with E-state index in [1.54, 1.807) is 18.3 Å². The van der Waals surface area contributed by atoms with Gasteiger partial charge in [-0.05, 0) is 62.4 Å². The molecule has 0 atom stereocenters. The molecule has 5 nitrogen and oxygen atoms in total. The average molecular weight is 415 g/mol. The molecule has 0 radical (unpaired) electrons. The number of carbonyl (C=O) groups excluding carboxylic acids is 1. The zero-order valence-corrected chi connectivity index (χ0v) is 17.1. The average Bonchev–Trinajstić information content (AvgIpc) is 2.95. The van der Waals surface area contributed by atoms with Gasteiger partial charge in [-0.15, -0.1) is 0 Å². The van der Waals surface area contributed by atoms with Gasteiger partial charge in [0, 0.05) is 38.4 Å². The summed E-state index contributed by atoms with van der Waals surface area (Å²) in [5.41, 5.74) is 7.31. The molecule has 0 aliphatic rings. The standard InChI is InChI=1S/C21H20Cl2N4O/c1-14-10-16(15(2)27(14)20-5-3-4-18(23)11-20)12-25-26-21(28)13-24-19-8-6-17(22)7-9-19/h3-12,24H,13H2,1-2H3,(H,26,28)/b25-12-. The molecule has 1 amide bonds. The SMILES string of the molecule is Cc1cc(/C=N\NC(=O)CNc2ccc(Cl)cc2)c(C)n1-c1cccc(Cl)c1. The highest BCUT2D eigenvalue weighted by molar-refractivity contribution is 6.31. The molecule has 0 saturated heterocycles. The van der Waals surface area contributed by atoms with Gasteiger partial charge < -0.3 is 9.88 Å². The van der Waals surface area contributed by atoms with Crippen molar-refractivity contribution in [1.29, 1.82) is 0 Å². The zero-order valence-electron chi connectivity index (χ0n) is 15.5. The molecular weight excluding hydrogens is 395 g/mol. The van der Waals surface area contributed by atoms with Crippen LogP contribution in [0.15, 0.2) is 59.7 Å². The lowest BCUT2D eigenvalue weighted by atomic mass is 10.2. The molecule has 28 heavy (non-hydrogen) atoms. The van der Waals surface area contributed by atoms with Gasteiger partial charge in [-0.3, -0.25) is 4.79 Å². The minimum absolute atomic E-state index is 0.112. The first-order chi connectivity index (χ1) is 13.4. The number of hydrogen-bond acceptors (Lipinski definition) is 3. The number of aryl methyl sites for hydroxylation is 1. The number of hydrogen-bond donors (Lipinski definition) is 2. The third-order valence-electron chi connectivity index (χ3n) is 4.23. The molecule has 144 valence electrons. The van der Waals surface area contributed by atoms with Gasteiger partial charge in [0.15, 0.2) is 0 Å². The van der Waals surface area contributed by atoms with Crippen LogP contribution in [-0.4, -0.2) is 23.2 Å². The van der Waals surface area contributed by atoms with Gasteiger partial charge >= 0.3 is 0 Å². The lowest BCUT2D eigenvalue weighted by Gasteiger charge is -2.09. The molecule has 3 aromatic rings. The predicted molar refractivity (Wildman–Crippen MR) is 116 cm³/mol. The molecule has 2 N–H and O–H groups in total. The van der Waals surface area contributed by atoms with Crippen LogP contribution in [0.3, 0.4) is 0 Å². The van der Waals surface area contributed by atoms with Gasteiger partial charge in [0.1, 0.15) is 0 Å². The van der Waals surface area contributed by atoms with Gasteiger partial charge in [0.05, 0.1) is 12.8 Å². The van der Waals surface area contributed by atoms with Crippen molar-refractivity contribution < 1.29 is 4.79 Å². The summed E-state index contributed by atoms with van der Waals surface area (Å²) in [6.45, 7) is 4.12. The molecule has 3 rings (SSSR count). The molecule has 0 spiro atoms. The Labute approximate surface area is 174 Å².